The molecule has 0 bridgehead atoms. The Morgan fingerprint density at radius 1 is 1.22 bits per heavy atom. The molecule has 14 heteroatoms. The third-order valence-corrected chi connectivity index (χ3v) is 7.39. The lowest BCUT2D eigenvalue weighted by atomic mass is 10.0. The highest BCUT2D eigenvalue weighted by Gasteiger charge is 2.51. The normalized spacial score (nSPS) is 20.4. The number of nitrogens with zero attached hydrogens (tertiary/aromatic N) is 3. The van der Waals surface area contributed by atoms with E-state index in [1.54, 1.807) is 0 Å². The van der Waals surface area contributed by atoms with Crippen molar-refractivity contribution >= 4 is 16.0 Å². The summed E-state index contributed by atoms with van der Waals surface area (Å²) >= 11 is 0. The van der Waals surface area contributed by atoms with E-state index < -0.39 is 69.6 Å². The van der Waals surface area contributed by atoms with Gasteiger partial charge in [-0.3, -0.25) is 0 Å². The fourth-order valence-corrected chi connectivity index (χ4v) is 5.22. The van der Waals surface area contributed by atoms with E-state index in [2.05, 4.69) is 4.74 Å². The van der Waals surface area contributed by atoms with Crippen LogP contribution >= 0.6 is 0 Å². The lowest BCUT2D eigenvalue weighted by Crippen LogP contribution is -2.48. The molecule has 2 N–H and O–H groups in total. The molecular formula is C22H18F3N3O7S. The fraction of sp³-hybridized carbons (Fsp3) is 0.318. The van der Waals surface area contributed by atoms with E-state index in [1.165, 1.54) is 18.2 Å². The monoisotopic (exact) mass is 525 g/mol. The largest absolute Gasteiger partial charge is 0.485 e. The molecule has 36 heavy (non-hydrogen) atoms. The van der Waals surface area contributed by atoms with Gasteiger partial charge in [-0.25, -0.2) is 13.2 Å². The van der Waals surface area contributed by atoms with Crippen LogP contribution in [0.2, 0.25) is 0 Å². The number of aliphatic hydroxyl groups is 2. The molecule has 2 atom stereocenters. The first-order valence-electron chi connectivity index (χ1n) is 10.0. The molecule has 1 heterocycles. The van der Waals surface area contributed by atoms with Crippen LogP contribution in [0.5, 0.6) is 5.75 Å². The van der Waals surface area contributed by atoms with Crippen molar-refractivity contribution in [3.05, 3.63) is 58.7 Å². The number of hydrogen-bond acceptors (Lipinski definition) is 9. The number of rotatable bonds is 6. The molecule has 0 radical (unpaired) electrons. The zero-order chi connectivity index (χ0) is 26.9. The molecule has 1 aliphatic rings. The maximum absolute atomic E-state index is 13.2. The molecule has 2 aromatic carbocycles. The Hall–Kier alpha value is -3.69. The quantitative estimate of drug-likeness (QED) is 0.531. The predicted octanol–water partition coefficient (Wildman–Crippen LogP) is 1.41. The summed E-state index contributed by atoms with van der Waals surface area (Å²) < 4.78 is 76.4. The van der Waals surface area contributed by atoms with Gasteiger partial charge in [0, 0.05) is 6.54 Å². The number of carbonyl (C=O) groups is 1. The molecule has 1 fully saturated rings. The molecule has 2 aromatic rings. The zero-order valence-electron chi connectivity index (χ0n) is 18.5. The van der Waals surface area contributed by atoms with Crippen molar-refractivity contribution in [2.75, 3.05) is 26.8 Å². The van der Waals surface area contributed by atoms with Crippen LogP contribution in [0, 0.1) is 22.7 Å². The Morgan fingerprint density at radius 3 is 2.47 bits per heavy atom. The van der Waals surface area contributed by atoms with Crippen LogP contribution < -0.4 is 4.74 Å². The Labute approximate surface area is 203 Å². The Morgan fingerprint density at radius 2 is 1.92 bits per heavy atom. The van der Waals surface area contributed by atoms with Crippen LogP contribution in [-0.2, 0) is 20.9 Å². The van der Waals surface area contributed by atoms with Crippen molar-refractivity contribution in [3.63, 3.8) is 0 Å². The van der Waals surface area contributed by atoms with Gasteiger partial charge in [0.25, 0.3) is 0 Å². The molecule has 3 rings (SSSR count). The van der Waals surface area contributed by atoms with Crippen LogP contribution in [0.3, 0.4) is 0 Å². The van der Waals surface area contributed by atoms with Gasteiger partial charge in [-0.2, -0.15) is 28.0 Å². The van der Waals surface area contributed by atoms with E-state index in [1.807, 2.05) is 6.07 Å². The van der Waals surface area contributed by atoms with Crippen LogP contribution in [0.15, 0.2) is 41.3 Å². The molecule has 190 valence electrons. The minimum Gasteiger partial charge on any atom is -0.485 e. The number of benzene rings is 2. The molecule has 0 aliphatic carbocycles. The van der Waals surface area contributed by atoms with Crippen molar-refractivity contribution in [1.29, 1.82) is 10.5 Å². The fourth-order valence-electron chi connectivity index (χ4n) is 3.59. The van der Waals surface area contributed by atoms with Gasteiger partial charge in [-0.15, -0.1) is 0 Å². The van der Waals surface area contributed by atoms with Crippen molar-refractivity contribution in [1.82, 2.24) is 4.31 Å². The molecule has 1 aliphatic heterocycles. The number of halogens is 3. The van der Waals surface area contributed by atoms with E-state index >= 15 is 0 Å². The highest BCUT2D eigenvalue weighted by atomic mass is 32.2. The lowest BCUT2D eigenvalue weighted by Gasteiger charge is -2.27. The maximum Gasteiger partial charge on any atom is 0.416 e. The van der Waals surface area contributed by atoms with Gasteiger partial charge in [-0.1, -0.05) is 0 Å². The summed E-state index contributed by atoms with van der Waals surface area (Å²) in [5.74, 6) is -1.07. The maximum atomic E-state index is 13.2. The number of hydrogen-bond donors (Lipinski definition) is 2. The summed E-state index contributed by atoms with van der Waals surface area (Å²) in [6.45, 7) is -2.30. The lowest BCUT2D eigenvalue weighted by molar-refractivity contribution is -0.137. The van der Waals surface area contributed by atoms with Gasteiger partial charge in [0.05, 0.1) is 47.9 Å². The number of nitriles is 2. The van der Waals surface area contributed by atoms with Gasteiger partial charge < -0.3 is 19.7 Å². The SMILES string of the molecule is COC(=O)c1cc(C#N)ccc1OC1CN(S(=O)(=O)c2ccc(C(F)(F)F)cc2C#N)C[C@@]1(O)CO. The summed E-state index contributed by atoms with van der Waals surface area (Å²) in [6.07, 6.45) is -6.26. The van der Waals surface area contributed by atoms with Crippen molar-refractivity contribution in [2.24, 2.45) is 0 Å². The summed E-state index contributed by atoms with van der Waals surface area (Å²) in [5, 5.41) is 39.1. The van der Waals surface area contributed by atoms with E-state index in [4.69, 9.17) is 10.00 Å². The Bertz CT molecular complexity index is 1380. The van der Waals surface area contributed by atoms with Gasteiger partial charge in [0.1, 0.15) is 29.1 Å². The molecule has 0 aromatic heterocycles. The van der Waals surface area contributed by atoms with Crippen LogP contribution in [-0.4, -0.2) is 67.4 Å². The first-order valence-corrected chi connectivity index (χ1v) is 11.5. The first kappa shape index (κ1) is 26.9. The number of esters is 1. The number of alkyl halides is 3. The van der Waals surface area contributed by atoms with Crippen LogP contribution in [0.4, 0.5) is 13.2 Å². The number of aliphatic hydroxyl groups excluding tert-OH is 1. The second-order valence-corrected chi connectivity index (χ2v) is 9.71. The highest BCUT2D eigenvalue weighted by Crippen LogP contribution is 2.35. The molecule has 0 amide bonds. The van der Waals surface area contributed by atoms with Gasteiger partial charge in [0.15, 0.2) is 0 Å². The highest BCUT2D eigenvalue weighted by molar-refractivity contribution is 7.89. The van der Waals surface area contributed by atoms with Crippen molar-refractivity contribution < 1.29 is 46.1 Å². The predicted molar refractivity (Wildman–Crippen MR) is 114 cm³/mol. The van der Waals surface area contributed by atoms with E-state index in [0.29, 0.717) is 22.5 Å². The molecule has 1 saturated heterocycles. The minimum absolute atomic E-state index is 0.0853. The third kappa shape index (κ3) is 4.98. The van der Waals surface area contributed by atoms with E-state index in [0.717, 1.165) is 13.2 Å². The van der Waals surface area contributed by atoms with Crippen LogP contribution in [0.25, 0.3) is 0 Å². The van der Waals surface area contributed by atoms with E-state index in [-0.39, 0.29) is 16.9 Å². The summed E-state index contributed by atoms with van der Waals surface area (Å²) in [5.41, 5.74) is -4.28. The molecule has 0 saturated carbocycles. The molecule has 0 spiro atoms. The van der Waals surface area contributed by atoms with Crippen LogP contribution in [0.1, 0.15) is 27.0 Å². The second-order valence-electron chi connectivity index (χ2n) is 7.80. The van der Waals surface area contributed by atoms with Crippen molar-refractivity contribution in [3.8, 4) is 17.9 Å². The Balaban J connectivity index is 1.99. The number of methoxy groups -OCH3 is 1. The minimum atomic E-state index is -4.81. The summed E-state index contributed by atoms with van der Waals surface area (Å²) in [6, 6.07) is 8.48. The molecule has 10 nitrogen and oxygen atoms in total. The Kier molecular flexibility index (Phi) is 7.29. The summed E-state index contributed by atoms with van der Waals surface area (Å²) in [4.78, 5) is 11.4. The second kappa shape index (κ2) is 9.75. The van der Waals surface area contributed by atoms with Gasteiger partial charge in [-0.05, 0) is 36.4 Å². The summed E-state index contributed by atoms with van der Waals surface area (Å²) in [7, 11) is -3.55. The average molecular weight is 525 g/mol. The van der Waals surface area contributed by atoms with Crippen molar-refractivity contribution in [2.45, 2.75) is 22.8 Å². The first-order chi connectivity index (χ1) is 16.8. The number of sulfonamides is 1. The molecule has 1 unspecified atom stereocenters. The number of β-amino-alcohol motifs (C(OH)–C–C–N with tert-alkyl or cyclic N) is 1. The topological polar surface area (TPSA) is 161 Å². The molecular weight excluding hydrogens is 507 g/mol. The number of carbonyl (C=O) groups excluding carboxylic acids is 1. The van der Waals surface area contributed by atoms with E-state index in [9.17, 15) is 41.9 Å². The van der Waals surface area contributed by atoms with Gasteiger partial charge in [0.2, 0.25) is 10.0 Å². The van der Waals surface area contributed by atoms with Gasteiger partial charge >= 0.3 is 12.1 Å². The number of ether oxygens (including phenoxy) is 2. The smallest absolute Gasteiger partial charge is 0.416 e. The average Bonchev–Trinajstić information content (AvgIpc) is 3.20. The zero-order valence-corrected chi connectivity index (χ0v) is 19.3. The third-order valence-electron chi connectivity index (χ3n) is 5.52. The standard InChI is InChI=1S/C22H18F3N3O7S/c1-34-20(30)16-6-13(8-26)2-4-17(16)35-19-10-28(11-21(19,31)12-29)36(32,33)18-5-3-15(22(23,24)25)7-14(18)9-27/h2-7,19,29,31H,10-12H2,1H3/t19?,21-/m1/s1.